The maximum Gasteiger partial charge on any atom is 0.261 e. The Hall–Kier alpha value is -2.83. The van der Waals surface area contributed by atoms with Crippen LogP contribution in [0.25, 0.3) is 0 Å². The van der Waals surface area contributed by atoms with Gasteiger partial charge in [-0.05, 0) is 60.4 Å². The van der Waals surface area contributed by atoms with Crippen LogP contribution in [0.5, 0.6) is 5.75 Å². The van der Waals surface area contributed by atoms with Crippen molar-refractivity contribution < 1.29 is 14.3 Å². The van der Waals surface area contributed by atoms with Gasteiger partial charge in [0, 0.05) is 29.0 Å². The molecule has 0 unspecified atom stereocenters. The topological polar surface area (TPSA) is 58.6 Å². The van der Waals surface area contributed by atoms with E-state index in [1.165, 1.54) is 0 Å². The fourth-order valence-corrected chi connectivity index (χ4v) is 4.01. The van der Waals surface area contributed by atoms with Gasteiger partial charge in [-0.2, -0.15) is 0 Å². The van der Waals surface area contributed by atoms with E-state index in [1.54, 1.807) is 17.0 Å². The molecule has 35 heavy (non-hydrogen) atoms. The Balaban J connectivity index is 1.88. The van der Waals surface area contributed by atoms with Crippen LogP contribution in [0, 0.1) is 6.92 Å². The van der Waals surface area contributed by atoms with Crippen LogP contribution in [0.1, 0.15) is 30.0 Å². The Labute approximate surface area is 220 Å². The van der Waals surface area contributed by atoms with Crippen molar-refractivity contribution >= 4 is 39.3 Å². The third kappa shape index (κ3) is 8.11. The molecule has 7 heteroatoms. The molecule has 184 valence electrons. The summed E-state index contributed by atoms with van der Waals surface area (Å²) in [6, 6.07) is 21.9. The molecule has 0 aromatic heterocycles. The van der Waals surface area contributed by atoms with Gasteiger partial charge in [-0.15, -0.1) is 0 Å². The first kappa shape index (κ1) is 26.8. The number of hydrogen-bond donors (Lipinski definition) is 1. The predicted octanol–water partition coefficient (Wildman–Crippen LogP) is 5.96. The SMILES string of the molecule is CCCNC(=O)[C@H](Cc1ccccc1)N(Cc1ccc(Cl)cc1)C(=O)COc1ccc(Br)c(C)c1. The summed E-state index contributed by atoms with van der Waals surface area (Å²) >= 11 is 9.54. The third-order valence-electron chi connectivity index (χ3n) is 5.58. The van der Waals surface area contributed by atoms with Gasteiger partial charge in [0.2, 0.25) is 5.91 Å². The average Bonchev–Trinajstić information content (AvgIpc) is 2.87. The first-order valence-corrected chi connectivity index (χ1v) is 12.8. The van der Waals surface area contributed by atoms with E-state index in [0.717, 1.165) is 27.6 Å². The van der Waals surface area contributed by atoms with E-state index >= 15 is 0 Å². The lowest BCUT2D eigenvalue weighted by atomic mass is 10.0. The molecule has 0 saturated carbocycles. The van der Waals surface area contributed by atoms with Crippen LogP contribution in [-0.4, -0.2) is 35.9 Å². The molecule has 0 fully saturated rings. The van der Waals surface area contributed by atoms with Gasteiger partial charge in [0.15, 0.2) is 6.61 Å². The maximum absolute atomic E-state index is 13.5. The van der Waals surface area contributed by atoms with E-state index in [9.17, 15) is 9.59 Å². The van der Waals surface area contributed by atoms with E-state index in [-0.39, 0.29) is 25.0 Å². The fraction of sp³-hybridized carbons (Fsp3) is 0.286. The van der Waals surface area contributed by atoms with Crippen LogP contribution in [0.2, 0.25) is 5.02 Å². The van der Waals surface area contributed by atoms with Crippen molar-refractivity contribution in [3.8, 4) is 5.75 Å². The van der Waals surface area contributed by atoms with Gasteiger partial charge in [-0.25, -0.2) is 0 Å². The zero-order valence-electron chi connectivity index (χ0n) is 20.0. The molecule has 3 aromatic rings. The third-order valence-corrected chi connectivity index (χ3v) is 6.72. The molecule has 3 aromatic carbocycles. The van der Waals surface area contributed by atoms with Crippen molar-refractivity contribution in [3.05, 3.63) is 99.0 Å². The lowest BCUT2D eigenvalue weighted by Crippen LogP contribution is -2.51. The lowest BCUT2D eigenvalue weighted by Gasteiger charge is -2.31. The smallest absolute Gasteiger partial charge is 0.261 e. The van der Waals surface area contributed by atoms with Crippen molar-refractivity contribution in [1.82, 2.24) is 10.2 Å². The number of halogens is 2. The highest BCUT2D eigenvalue weighted by atomic mass is 79.9. The minimum atomic E-state index is -0.692. The number of carbonyl (C=O) groups excluding carboxylic acids is 2. The van der Waals surface area contributed by atoms with Crippen molar-refractivity contribution in [3.63, 3.8) is 0 Å². The van der Waals surface area contributed by atoms with Crippen LogP contribution >= 0.6 is 27.5 Å². The van der Waals surface area contributed by atoms with Crippen LogP contribution in [0.15, 0.2) is 77.3 Å². The van der Waals surface area contributed by atoms with E-state index in [2.05, 4.69) is 21.2 Å². The van der Waals surface area contributed by atoms with E-state index in [0.29, 0.717) is 23.7 Å². The van der Waals surface area contributed by atoms with E-state index in [1.807, 2.05) is 74.5 Å². The number of ether oxygens (including phenoxy) is 1. The second kappa shape index (κ2) is 13.3. The number of hydrogen-bond acceptors (Lipinski definition) is 3. The Bertz CT molecular complexity index is 1120. The monoisotopic (exact) mass is 556 g/mol. The van der Waals surface area contributed by atoms with Crippen molar-refractivity contribution in [2.45, 2.75) is 39.3 Å². The van der Waals surface area contributed by atoms with Crippen LogP contribution < -0.4 is 10.1 Å². The predicted molar refractivity (Wildman–Crippen MR) is 144 cm³/mol. The number of nitrogens with zero attached hydrogens (tertiary/aromatic N) is 1. The molecule has 0 aliphatic carbocycles. The number of amides is 2. The van der Waals surface area contributed by atoms with E-state index < -0.39 is 6.04 Å². The van der Waals surface area contributed by atoms with Crippen molar-refractivity contribution in [2.24, 2.45) is 0 Å². The summed E-state index contributed by atoms with van der Waals surface area (Å²) in [6.45, 7) is 4.58. The average molecular weight is 558 g/mol. The summed E-state index contributed by atoms with van der Waals surface area (Å²) in [6.07, 6.45) is 1.20. The molecule has 1 N–H and O–H groups in total. The number of benzene rings is 3. The molecule has 0 aliphatic rings. The van der Waals surface area contributed by atoms with Crippen LogP contribution in [-0.2, 0) is 22.6 Å². The summed E-state index contributed by atoms with van der Waals surface area (Å²) in [7, 11) is 0. The standard InChI is InChI=1S/C28H30BrClN2O3/c1-3-15-31-28(34)26(17-21-7-5-4-6-8-21)32(18-22-9-11-23(30)12-10-22)27(33)19-35-24-13-14-25(29)20(2)16-24/h4-14,16,26H,3,15,17-19H2,1-2H3,(H,31,34)/t26-/m0/s1. The Morgan fingerprint density at radius 3 is 2.40 bits per heavy atom. The summed E-state index contributed by atoms with van der Waals surface area (Å²) in [5, 5.41) is 3.58. The highest BCUT2D eigenvalue weighted by Gasteiger charge is 2.30. The molecule has 1 atom stereocenters. The summed E-state index contributed by atoms with van der Waals surface area (Å²) in [5.41, 5.74) is 2.86. The molecule has 0 radical (unpaired) electrons. The maximum atomic E-state index is 13.5. The first-order valence-electron chi connectivity index (χ1n) is 11.6. The first-order chi connectivity index (χ1) is 16.9. The molecule has 2 amide bonds. The highest BCUT2D eigenvalue weighted by Crippen LogP contribution is 2.22. The van der Waals surface area contributed by atoms with Crippen LogP contribution in [0.4, 0.5) is 0 Å². The summed E-state index contributed by atoms with van der Waals surface area (Å²) < 4.78 is 6.81. The van der Waals surface area contributed by atoms with Crippen molar-refractivity contribution in [1.29, 1.82) is 0 Å². The quantitative estimate of drug-likeness (QED) is 0.317. The van der Waals surface area contributed by atoms with Gasteiger partial charge >= 0.3 is 0 Å². The molecular formula is C28H30BrClN2O3. The normalized spacial score (nSPS) is 11.5. The molecule has 5 nitrogen and oxygen atoms in total. The minimum absolute atomic E-state index is 0.180. The van der Waals surface area contributed by atoms with Crippen molar-refractivity contribution in [2.75, 3.05) is 13.2 Å². The minimum Gasteiger partial charge on any atom is -0.484 e. The molecular weight excluding hydrogens is 528 g/mol. The number of rotatable bonds is 11. The Morgan fingerprint density at radius 2 is 1.74 bits per heavy atom. The van der Waals surface area contributed by atoms with Gasteiger partial charge in [0.25, 0.3) is 5.91 Å². The fourth-order valence-electron chi connectivity index (χ4n) is 3.64. The zero-order valence-corrected chi connectivity index (χ0v) is 22.3. The summed E-state index contributed by atoms with van der Waals surface area (Å²) in [4.78, 5) is 28.4. The molecule has 0 heterocycles. The van der Waals surface area contributed by atoms with Gasteiger partial charge in [-0.1, -0.05) is 76.9 Å². The second-order valence-corrected chi connectivity index (χ2v) is 9.64. The highest BCUT2D eigenvalue weighted by molar-refractivity contribution is 9.10. The number of aryl methyl sites for hydroxylation is 1. The van der Waals surface area contributed by atoms with Gasteiger partial charge in [-0.3, -0.25) is 9.59 Å². The summed E-state index contributed by atoms with van der Waals surface area (Å²) in [5.74, 6) is 0.145. The molecule has 0 bridgehead atoms. The molecule has 0 saturated heterocycles. The molecule has 0 spiro atoms. The zero-order chi connectivity index (χ0) is 25.2. The lowest BCUT2D eigenvalue weighted by molar-refractivity contribution is -0.142. The number of carbonyl (C=O) groups is 2. The number of nitrogens with one attached hydrogen (secondary N) is 1. The molecule has 0 aliphatic heterocycles. The van der Waals surface area contributed by atoms with Crippen LogP contribution in [0.3, 0.4) is 0 Å². The second-order valence-electron chi connectivity index (χ2n) is 8.34. The Kier molecular flexibility index (Phi) is 10.2. The largest absolute Gasteiger partial charge is 0.484 e. The van der Waals surface area contributed by atoms with Gasteiger partial charge in [0.1, 0.15) is 11.8 Å². The Morgan fingerprint density at radius 1 is 1.03 bits per heavy atom. The van der Waals surface area contributed by atoms with E-state index in [4.69, 9.17) is 16.3 Å². The van der Waals surface area contributed by atoms with Gasteiger partial charge in [0.05, 0.1) is 0 Å². The molecule has 3 rings (SSSR count). The van der Waals surface area contributed by atoms with Gasteiger partial charge < -0.3 is 15.0 Å².